The van der Waals surface area contributed by atoms with Gasteiger partial charge in [0.1, 0.15) is 5.76 Å². The van der Waals surface area contributed by atoms with Crippen LogP contribution in [0.4, 0.5) is 4.79 Å². The van der Waals surface area contributed by atoms with Crippen LogP contribution in [0.2, 0.25) is 0 Å². The molecule has 21 heavy (non-hydrogen) atoms. The van der Waals surface area contributed by atoms with Crippen molar-refractivity contribution in [2.75, 3.05) is 26.2 Å². The molecule has 0 aromatic carbocycles. The number of carbonyl (C=O) groups excluding carboxylic acids is 2. The van der Waals surface area contributed by atoms with Crippen molar-refractivity contribution in [2.24, 2.45) is 11.7 Å². The van der Waals surface area contributed by atoms with Gasteiger partial charge in [0.25, 0.3) is 0 Å². The summed E-state index contributed by atoms with van der Waals surface area (Å²) in [6.07, 6.45) is 3.55. The minimum atomic E-state index is -0.506. The van der Waals surface area contributed by atoms with Crippen molar-refractivity contribution < 1.29 is 14.0 Å². The van der Waals surface area contributed by atoms with Gasteiger partial charge < -0.3 is 15.5 Å². The van der Waals surface area contributed by atoms with E-state index in [0.29, 0.717) is 18.2 Å². The molecule has 0 saturated carbocycles. The molecule has 0 atom stereocenters. The lowest BCUT2D eigenvalue weighted by molar-refractivity contribution is -0.121. The number of hydrogen-bond donors (Lipinski definition) is 3. The van der Waals surface area contributed by atoms with Gasteiger partial charge >= 0.3 is 6.03 Å². The van der Waals surface area contributed by atoms with Crippen molar-refractivity contribution in [2.45, 2.75) is 19.4 Å². The molecule has 7 nitrogen and oxygen atoms in total. The van der Waals surface area contributed by atoms with Crippen LogP contribution in [0.1, 0.15) is 18.6 Å². The first kappa shape index (κ1) is 15.5. The SMILES string of the molecule is NCC1CCN(CC(=O)NC(=O)NCc2ccco2)CC1. The highest BCUT2D eigenvalue weighted by atomic mass is 16.3. The number of furan rings is 1. The van der Waals surface area contributed by atoms with E-state index in [1.807, 2.05) is 4.90 Å². The Labute approximate surface area is 123 Å². The number of likely N-dealkylation sites (tertiary alicyclic amines) is 1. The Morgan fingerprint density at radius 1 is 1.38 bits per heavy atom. The largest absolute Gasteiger partial charge is 0.467 e. The maximum atomic E-state index is 11.8. The van der Waals surface area contributed by atoms with E-state index in [1.165, 1.54) is 6.26 Å². The summed E-state index contributed by atoms with van der Waals surface area (Å²) in [5, 5.41) is 4.89. The molecule has 4 N–H and O–H groups in total. The number of nitrogens with one attached hydrogen (secondary N) is 2. The molecule has 0 spiro atoms. The second-order valence-corrected chi connectivity index (χ2v) is 5.27. The van der Waals surface area contributed by atoms with Gasteiger partial charge in [-0.2, -0.15) is 0 Å². The van der Waals surface area contributed by atoms with E-state index in [-0.39, 0.29) is 19.0 Å². The second kappa shape index (κ2) is 7.80. The lowest BCUT2D eigenvalue weighted by Gasteiger charge is -2.30. The van der Waals surface area contributed by atoms with E-state index in [2.05, 4.69) is 10.6 Å². The monoisotopic (exact) mass is 294 g/mol. The molecule has 1 fully saturated rings. The number of nitrogens with two attached hydrogens (primary N) is 1. The topological polar surface area (TPSA) is 101 Å². The van der Waals surface area contributed by atoms with E-state index in [1.54, 1.807) is 12.1 Å². The minimum Gasteiger partial charge on any atom is -0.467 e. The van der Waals surface area contributed by atoms with Gasteiger partial charge in [-0.1, -0.05) is 0 Å². The fourth-order valence-corrected chi connectivity index (χ4v) is 2.37. The Kier molecular flexibility index (Phi) is 5.77. The van der Waals surface area contributed by atoms with Crippen molar-refractivity contribution in [1.29, 1.82) is 0 Å². The Balaban J connectivity index is 1.63. The predicted octanol–water partition coefficient (Wildman–Crippen LogP) is 0.276. The summed E-state index contributed by atoms with van der Waals surface area (Å²) >= 11 is 0. The lowest BCUT2D eigenvalue weighted by Crippen LogP contribution is -2.46. The van der Waals surface area contributed by atoms with Crippen molar-refractivity contribution in [3.8, 4) is 0 Å². The van der Waals surface area contributed by atoms with E-state index in [9.17, 15) is 9.59 Å². The molecule has 3 amide bonds. The lowest BCUT2D eigenvalue weighted by atomic mass is 9.97. The summed E-state index contributed by atoms with van der Waals surface area (Å²) in [6.45, 7) is 2.90. The Morgan fingerprint density at radius 3 is 2.76 bits per heavy atom. The number of amides is 3. The Bertz CT molecular complexity index is 453. The van der Waals surface area contributed by atoms with E-state index >= 15 is 0 Å². The Morgan fingerprint density at radius 2 is 2.14 bits per heavy atom. The third-order valence-electron chi connectivity index (χ3n) is 3.66. The molecule has 1 aromatic heterocycles. The predicted molar refractivity (Wildman–Crippen MR) is 77.3 cm³/mol. The van der Waals surface area contributed by atoms with Gasteiger partial charge in [-0.15, -0.1) is 0 Å². The number of carbonyl (C=O) groups is 2. The van der Waals surface area contributed by atoms with Gasteiger partial charge in [0.2, 0.25) is 5.91 Å². The van der Waals surface area contributed by atoms with Crippen LogP contribution in [0.15, 0.2) is 22.8 Å². The van der Waals surface area contributed by atoms with Crippen LogP contribution in [0.3, 0.4) is 0 Å². The number of piperidine rings is 1. The fraction of sp³-hybridized carbons (Fsp3) is 0.571. The molecule has 0 unspecified atom stereocenters. The zero-order valence-electron chi connectivity index (χ0n) is 12.0. The molecule has 1 aromatic rings. The molecule has 2 rings (SSSR count). The van der Waals surface area contributed by atoms with E-state index < -0.39 is 6.03 Å². The zero-order chi connectivity index (χ0) is 15.1. The highest BCUT2D eigenvalue weighted by Gasteiger charge is 2.20. The highest BCUT2D eigenvalue weighted by Crippen LogP contribution is 2.15. The standard InChI is InChI=1S/C14H22N4O3/c15-8-11-3-5-18(6-4-11)10-13(19)17-14(20)16-9-12-2-1-7-21-12/h1-2,7,11H,3-6,8-10,15H2,(H2,16,17,19,20). The first-order valence-corrected chi connectivity index (χ1v) is 7.20. The van der Waals surface area contributed by atoms with Crippen LogP contribution in [0, 0.1) is 5.92 Å². The molecule has 1 aliphatic rings. The molecule has 0 bridgehead atoms. The maximum Gasteiger partial charge on any atom is 0.321 e. The van der Waals surface area contributed by atoms with E-state index in [0.717, 1.165) is 25.9 Å². The number of rotatable bonds is 5. The number of hydrogen-bond acceptors (Lipinski definition) is 5. The number of nitrogens with zero attached hydrogens (tertiary/aromatic N) is 1. The van der Waals surface area contributed by atoms with Crippen molar-refractivity contribution in [3.63, 3.8) is 0 Å². The third-order valence-corrected chi connectivity index (χ3v) is 3.66. The van der Waals surface area contributed by atoms with Gasteiger partial charge in [-0.05, 0) is 50.5 Å². The zero-order valence-corrected chi connectivity index (χ0v) is 12.0. The molecule has 1 aliphatic heterocycles. The summed E-state index contributed by atoms with van der Waals surface area (Å²) in [5.41, 5.74) is 5.63. The van der Waals surface area contributed by atoms with Crippen LogP contribution >= 0.6 is 0 Å². The maximum absolute atomic E-state index is 11.8. The van der Waals surface area contributed by atoms with Crippen molar-refractivity contribution >= 4 is 11.9 Å². The van der Waals surface area contributed by atoms with Crippen LogP contribution in [-0.2, 0) is 11.3 Å². The summed E-state index contributed by atoms with van der Waals surface area (Å²) in [6, 6.07) is 2.99. The summed E-state index contributed by atoms with van der Waals surface area (Å²) < 4.78 is 5.09. The van der Waals surface area contributed by atoms with Gasteiger partial charge in [0.05, 0.1) is 19.4 Å². The van der Waals surface area contributed by atoms with Crippen LogP contribution in [0.25, 0.3) is 0 Å². The molecular weight excluding hydrogens is 272 g/mol. The number of imide groups is 1. The third kappa shape index (κ3) is 5.20. The summed E-state index contributed by atoms with van der Waals surface area (Å²) in [5.74, 6) is 0.903. The van der Waals surface area contributed by atoms with Gasteiger partial charge in [-0.25, -0.2) is 4.79 Å². The van der Waals surface area contributed by atoms with Crippen molar-refractivity contribution in [1.82, 2.24) is 15.5 Å². The van der Waals surface area contributed by atoms with Crippen LogP contribution in [0.5, 0.6) is 0 Å². The van der Waals surface area contributed by atoms with Gasteiger partial charge in [0, 0.05) is 0 Å². The molecule has 7 heteroatoms. The first-order valence-electron chi connectivity index (χ1n) is 7.20. The molecule has 1 saturated heterocycles. The number of urea groups is 1. The molecule has 0 radical (unpaired) electrons. The van der Waals surface area contributed by atoms with Gasteiger partial charge in [0.15, 0.2) is 0 Å². The average molecular weight is 294 g/mol. The fourth-order valence-electron chi connectivity index (χ4n) is 2.37. The highest BCUT2D eigenvalue weighted by molar-refractivity contribution is 5.95. The molecule has 0 aliphatic carbocycles. The van der Waals surface area contributed by atoms with Crippen molar-refractivity contribution in [3.05, 3.63) is 24.2 Å². The first-order chi connectivity index (χ1) is 10.2. The second-order valence-electron chi connectivity index (χ2n) is 5.27. The van der Waals surface area contributed by atoms with E-state index in [4.69, 9.17) is 10.2 Å². The summed E-state index contributed by atoms with van der Waals surface area (Å²) in [7, 11) is 0. The van der Waals surface area contributed by atoms with Crippen LogP contribution in [-0.4, -0.2) is 43.0 Å². The average Bonchev–Trinajstić information content (AvgIpc) is 2.99. The Hall–Kier alpha value is -1.86. The molecular formula is C14H22N4O3. The van der Waals surface area contributed by atoms with Crippen LogP contribution < -0.4 is 16.4 Å². The smallest absolute Gasteiger partial charge is 0.321 e. The molecule has 116 valence electrons. The summed E-state index contributed by atoms with van der Waals surface area (Å²) in [4.78, 5) is 25.4. The van der Waals surface area contributed by atoms with Gasteiger partial charge in [-0.3, -0.25) is 15.0 Å². The minimum absolute atomic E-state index is 0.242. The quantitative estimate of drug-likeness (QED) is 0.724. The normalized spacial score (nSPS) is 16.6. The molecule has 2 heterocycles.